The second-order valence-corrected chi connectivity index (χ2v) is 9.62. The molecule has 0 aromatic heterocycles. The van der Waals surface area contributed by atoms with Crippen LogP contribution in [0.5, 0.6) is 0 Å². The SMILES string of the molecule is CCCCOP1(=O)OCC(CC(C)CC)C(C)C(C2CCC2)CO1. The molecule has 5 unspecified atom stereocenters. The van der Waals surface area contributed by atoms with E-state index >= 15 is 0 Å². The summed E-state index contributed by atoms with van der Waals surface area (Å²) in [5, 5.41) is 0. The molecule has 2 fully saturated rings. The lowest BCUT2D eigenvalue weighted by Crippen LogP contribution is -2.37. The highest BCUT2D eigenvalue weighted by atomic mass is 31.2. The number of hydrogen-bond donors (Lipinski definition) is 0. The Morgan fingerprint density at radius 1 is 1.21 bits per heavy atom. The molecule has 0 aromatic carbocycles. The van der Waals surface area contributed by atoms with Gasteiger partial charge in [-0.25, -0.2) is 4.57 Å². The number of phosphoric ester groups is 1. The van der Waals surface area contributed by atoms with Gasteiger partial charge in [0.25, 0.3) is 0 Å². The predicted molar refractivity (Wildman–Crippen MR) is 97.9 cm³/mol. The van der Waals surface area contributed by atoms with Crippen LogP contribution in [0.3, 0.4) is 0 Å². The summed E-state index contributed by atoms with van der Waals surface area (Å²) in [7, 11) is -3.39. The van der Waals surface area contributed by atoms with E-state index in [1.54, 1.807) is 0 Å². The Balaban J connectivity index is 2.06. The van der Waals surface area contributed by atoms with Crippen LogP contribution in [-0.2, 0) is 18.1 Å². The minimum atomic E-state index is -3.39. The lowest BCUT2D eigenvalue weighted by atomic mass is 9.67. The third-order valence-electron chi connectivity index (χ3n) is 6.20. The first-order valence-electron chi connectivity index (χ1n) is 10.0. The highest BCUT2D eigenvalue weighted by molar-refractivity contribution is 7.48. The quantitative estimate of drug-likeness (QED) is 0.390. The van der Waals surface area contributed by atoms with Crippen LogP contribution in [-0.4, -0.2) is 19.8 Å². The van der Waals surface area contributed by atoms with E-state index in [0.29, 0.717) is 43.5 Å². The smallest absolute Gasteiger partial charge is 0.287 e. The zero-order valence-corrected chi connectivity index (χ0v) is 16.9. The maximum absolute atomic E-state index is 12.9. The second-order valence-electron chi connectivity index (χ2n) is 7.95. The van der Waals surface area contributed by atoms with E-state index in [2.05, 4.69) is 27.7 Å². The van der Waals surface area contributed by atoms with E-state index < -0.39 is 7.82 Å². The van der Waals surface area contributed by atoms with Gasteiger partial charge in [0.15, 0.2) is 0 Å². The topological polar surface area (TPSA) is 44.8 Å². The Morgan fingerprint density at radius 2 is 1.92 bits per heavy atom. The van der Waals surface area contributed by atoms with Gasteiger partial charge in [0.2, 0.25) is 0 Å². The molecule has 24 heavy (non-hydrogen) atoms. The molecule has 1 aliphatic carbocycles. The molecule has 1 heterocycles. The van der Waals surface area contributed by atoms with Gasteiger partial charge in [-0.15, -0.1) is 0 Å². The van der Waals surface area contributed by atoms with Gasteiger partial charge in [-0.05, 0) is 42.4 Å². The first-order valence-corrected chi connectivity index (χ1v) is 11.5. The number of rotatable bonds is 8. The van der Waals surface area contributed by atoms with Crippen molar-refractivity contribution in [2.24, 2.45) is 29.6 Å². The highest BCUT2D eigenvalue weighted by Gasteiger charge is 2.41. The third-order valence-corrected chi connectivity index (χ3v) is 7.62. The molecule has 0 N–H and O–H groups in total. The van der Waals surface area contributed by atoms with Gasteiger partial charge < -0.3 is 0 Å². The molecular formula is C19H37O4P. The molecule has 0 spiro atoms. The molecule has 0 aromatic rings. The van der Waals surface area contributed by atoms with Crippen LogP contribution in [0.15, 0.2) is 0 Å². The van der Waals surface area contributed by atoms with Crippen molar-refractivity contribution < 1.29 is 18.1 Å². The molecule has 5 heteroatoms. The number of phosphoric acid groups is 1. The van der Waals surface area contributed by atoms with Gasteiger partial charge in [0.1, 0.15) is 0 Å². The van der Waals surface area contributed by atoms with Crippen LogP contribution < -0.4 is 0 Å². The van der Waals surface area contributed by atoms with Crippen LogP contribution >= 0.6 is 7.82 Å². The van der Waals surface area contributed by atoms with Crippen molar-refractivity contribution in [2.45, 2.75) is 72.6 Å². The zero-order chi connectivity index (χ0) is 17.6. The van der Waals surface area contributed by atoms with E-state index in [1.165, 1.54) is 25.7 Å². The molecule has 2 aliphatic rings. The first kappa shape index (κ1) is 20.4. The molecule has 142 valence electrons. The van der Waals surface area contributed by atoms with Crippen molar-refractivity contribution in [1.29, 1.82) is 0 Å². The van der Waals surface area contributed by atoms with E-state index in [4.69, 9.17) is 13.6 Å². The summed E-state index contributed by atoms with van der Waals surface area (Å²) in [5.74, 6) is 2.87. The van der Waals surface area contributed by atoms with Crippen molar-refractivity contribution in [3.8, 4) is 0 Å². The average molecular weight is 360 g/mol. The molecule has 0 amide bonds. The van der Waals surface area contributed by atoms with Gasteiger partial charge >= 0.3 is 7.82 Å². The van der Waals surface area contributed by atoms with Gasteiger partial charge in [-0.2, -0.15) is 0 Å². The summed E-state index contributed by atoms with van der Waals surface area (Å²) in [6, 6.07) is 0. The third kappa shape index (κ3) is 5.56. The Hall–Kier alpha value is 0.110. The highest BCUT2D eigenvalue weighted by Crippen LogP contribution is 2.54. The summed E-state index contributed by atoms with van der Waals surface area (Å²) in [4.78, 5) is 0. The second kappa shape index (κ2) is 9.71. The molecular weight excluding hydrogens is 323 g/mol. The Kier molecular flexibility index (Phi) is 8.26. The van der Waals surface area contributed by atoms with Gasteiger partial charge in [0.05, 0.1) is 19.8 Å². The summed E-state index contributed by atoms with van der Waals surface area (Å²) < 4.78 is 29.9. The summed E-state index contributed by atoms with van der Waals surface area (Å²) in [5.41, 5.74) is 0. The molecule has 0 radical (unpaired) electrons. The average Bonchev–Trinajstić information content (AvgIpc) is 2.52. The molecule has 1 aliphatic heterocycles. The predicted octanol–water partition coefficient (Wildman–Crippen LogP) is 6.06. The summed E-state index contributed by atoms with van der Waals surface area (Å²) in [6.07, 6.45) is 8.11. The summed E-state index contributed by atoms with van der Waals surface area (Å²) >= 11 is 0. The minimum absolute atomic E-state index is 0.442. The first-order chi connectivity index (χ1) is 11.5. The van der Waals surface area contributed by atoms with E-state index in [9.17, 15) is 4.57 Å². The zero-order valence-electron chi connectivity index (χ0n) is 16.0. The van der Waals surface area contributed by atoms with Gasteiger partial charge in [-0.3, -0.25) is 13.6 Å². The Bertz CT molecular complexity index is 410. The van der Waals surface area contributed by atoms with Crippen LogP contribution in [0.2, 0.25) is 0 Å². The minimum Gasteiger partial charge on any atom is -0.287 e. The molecule has 5 atom stereocenters. The van der Waals surface area contributed by atoms with E-state index in [1.807, 2.05) is 0 Å². The van der Waals surface area contributed by atoms with Crippen molar-refractivity contribution >= 4 is 7.82 Å². The van der Waals surface area contributed by atoms with Crippen LogP contribution in [0, 0.1) is 29.6 Å². The molecule has 4 nitrogen and oxygen atoms in total. The van der Waals surface area contributed by atoms with E-state index in [0.717, 1.165) is 25.2 Å². The number of unbranched alkanes of at least 4 members (excludes halogenated alkanes) is 1. The lowest BCUT2D eigenvalue weighted by molar-refractivity contribution is -0.00740. The molecule has 2 rings (SSSR count). The maximum Gasteiger partial charge on any atom is 0.474 e. The van der Waals surface area contributed by atoms with Crippen LogP contribution in [0.4, 0.5) is 0 Å². The fourth-order valence-electron chi connectivity index (χ4n) is 3.85. The van der Waals surface area contributed by atoms with Gasteiger partial charge in [0, 0.05) is 0 Å². The maximum atomic E-state index is 12.9. The fraction of sp³-hybridized carbons (Fsp3) is 1.00. The molecule has 0 bridgehead atoms. The van der Waals surface area contributed by atoms with Crippen molar-refractivity contribution in [1.82, 2.24) is 0 Å². The largest absolute Gasteiger partial charge is 0.474 e. The van der Waals surface area contributed by atoms with Gasteiger partial charge in [-0.1, -0.05) is 59.8 Å². The van der Waals surface area contributed by atoms with Crippen LogP contribution in [0.1, 0.15) is 72.6 Å². The number of hydrogen-bond acceptors (Lipinski definition) is 4. The summed E-state index contributed by atoms with van der Waals surface area (Å²) in [6.45, 7) is 10.5. The standard InChI is InChI=1S/C19H37O4P/c1-5-7-11-21-24(20)22-13-18(12-15(3)6-2)16(4)19(14-23-24)17-9-8-10-17/h15-19H,5-14H2,1-4H3. The monoisotopic (exact) mass is 360 g/mol. The van der Waals surface area contributed by atoms with Crippen molar-refractivity contribution in [2.75, 3.05) is 19.8 Å². The lowest BCUT2D eigenvalue weighted by Gasteiger charge is -2.42. The normalized spacial score (nSPS) is 36.6. The van der Waals surface area contributed by atoms with E-state index in [-0.39, 0.29) is 0 Å². The molecule has 1 saturated carbocycles. The van der Waals surface area contributed by atoms with Crippen LogP contribution in [0.25, 0.3) is 0 Å². The molecule has 1 saturated heterocycles. The fourth-order valence-corrected chi connectivity index (χ4v) is 5.15. The Labute approximate surface area is 148 Å². The van der Waals surface area contributed by atoms with Crippen molar-refractivity contribution in [3.63, 3.8) is 0 Å². The Morgan fingerprint density at radius 3 is 2.50 bits per heavy atom. The van der Waals surface area contributed by atoms with Crippen molar-refractivity contribution in [3.05, 3.63) is 0 Å².